The zero-order chi connectivity index (χ0) is 11.8. The third-order valence-corrected chi connectivity index (χ3v) is 1.75. The van der Waals surface area contributed by atoms with Crippen LogP contribution >= 0.6 is 0 Å². The van der Waals surface area contributed by atoms with Gasteiger partial charge in [0.1, 0.15) is 0 Å². The predicted octanol–water partition coefficient (Wildman–Crippen LogP) is 0.678. The Morgan fingerprint density at radius 3 is 2.81 bits per heavy atom. The summed E-state index contributed by atoms with van der Waals surface area (Å²) in [6.07, 6.45) is 3.52. The lowest BCUT2D eigenvalue weighted by molar-refractivity contribution is 0.0592. The van der Waals surface area contributed by atoms with Crippen molar-refractivity contribution < 1.29 is 19.0 Å². The van der Waals surface area contributed by atoms with Crippen LogP contribution in [0.25, 0.3) is 0 Å². The molecule has 0 aromatic carbocycles. The third kappa shape index (κ3) is 3.82. The molecule has 0 saturated carbocycles. The van der Waals surface area contributed by atoms with Crippen molar-refractivity contribution in [3.8, 4) is 5.88 Å². The standard InChI is InChI=1S/C10H14N2O4/c1-14-4-3-5-16-9-7-11-6-8(12-9)10(13)15-2/h6-7H,3-5H2,1-2H3. The molecule has 0 radical (unpaired) electrons. The SMILES string of the molecule is COCCCOc1cncc(C(=O)OC)n1. The van der Waals surface area contributed by atoms with Gasteiger partial charge >= 0.3 is 5.97 Å². The third-order valence-electron chi connectivity index (χ3n) is 1.75. The van der Waals surface area contributed by atoms with Crippen LogP contribution in [-0.2, 0) is 9.47 Å². The Morgan fingerprint density at radius 1 is 1.31 bits per heavy atom. The predicted molar refractivity (Wildman–Crippen MR) is 55.4 cm³/mol. The fourth-order valence-electron chi connectivity index (χ4n) is 1.00. The minimum absolute atomic E-state index is 0.131. The van der Waals surface area contributed by atoms with Gasteiger partial charge in [-0.05, 0) is 0 Å². The molecule has 0 bridgehead atoms. The van der Waals surface area contributed by atoms with Gasteiger partial charge in [-0.3, -0.25) is 4.98 Å². The summed E-state index contributed by atoms with van der Waals surface area (Å²) in [6.45, 7) is 1.08. The van der Waals surface area contributed by atoms with Gasteiger partial charge in [-0.2, -0.15) is 0 Å². The number of aromatic nitrogens is 2. The highest BCUT2D eigenvalue weighted by Gasteiger charge is 2.08. The largest absolute Gasteiger partial charge is 0.476 e. The lowest BCUT2D eigenvalue weighted by Crippen LogP contribution is -2.08. The molecule has 0 aliphatic rings. The van der Waals surface area contributed by atoms with Crippen molar-refractivity contribution in [3.05, 3.63) is 18.1 Å². The van der Waals surface area contributed by atoms with Crippen LogP contribution in [0.3, 0.4) is 0 Å². The normalized spacial score (nSPS) is 9.88. The highest BCUT2D eigenvalue weighted by molar-refractivity contribution is 5.86. The Balaban J connectivity index is 2.50. The van der Waals surface area contributed by atoms with E-state index < -0.39 is 5.97 Å². The van der Waals surface area contributed by atoms with E-state index in [9.17, 15) is 4.79 Å². The van der Waals surface area contributed by atoms with E-state index >= 15 is 0 Å². The number of ether oxygens (including phenoxy) is 3. The molecule has 0 saturated heterocycles. The van der Waals surface area contributed by atoms with Crippen molar-refractivity contribution in [1.29, 1.82) is 0 Å². The number of nitrogens with zero attached hydrogens (tertiary/aromatic N) is 2. The van der Waals surface area contributed by atoms with Crippen molar-refractivity contribution >= 4 is 5.97 Å². The average Bonchev–Trinajstić information content (AvgIpc) is 2.34. The molecule has 0 atom stereocenters. The Kier molecular flexibility index (Phi) is 5.21. The van der Waals surface area contributed by atoms with E-state index in [1.54, 1.807) is 7.11 Å². The van der Waals surface area contributed by atoms with E-state index in [2.05, 4.69) is 14.7 Å². The van der Waals surface area contributed by atoms with Crippen LogP contribution in [0, 0.1) is 0 Å². The fourth-order valence-corrected chi connectivity index (χ4v) is 1.00. The fraction of sp³-hybridized carbons (Fsp3) is 0.500. The molecule has 0 amide bonds. The zero-order valence-corrected chi connectivity index (χ0v) is 9.30. The molecule has 0 fully saturated rings. The van der Waals surface area contributed by atoms with Gasteiger partial charge in [0.05, 0.1) is 26.1 Å². The summed E-state index contributed by atoms with van der Waals surface area (Å²) in [6, 6.07) is 0. The second-order valence-electron chi connectivity index (χ2n) is 2.93. The Hall–Kier alpha value is -1.69. The van der Waals surface area contributed by atoms with E-state index in [0.29, 0.717) is 19.1 Å². The number of esters is 1. The van der Waals surface area contributed by atoms with Crippen LogP contribution in [0.2, 0.25) is 0 Å². The number of methoxy groups -OCH3 is 2. The molecule has 1 aromatic rings. The first-order valence-corrected chi connectivity index (χ1v) is 4.80. The summed E-state index contributed by atoms with van der Waals surface area (Å²) in [4.78, 5) is 18.9. The summed E-state index contributed by atoms with van der Waals surface area (Å²) in [5.41, 5.74) is 0.131. The highest BCUT2D eigenvalue weighted by Crippen LogP contribution is 2.06. The van der Waals surface area contributed by atoms with Crippen LogP contribution in [0.5, 0.6) is 5.88 Å². The van der Waals surface area contributed by atoms with E-state index in [1.165, 1.54) is 19.5 Å². The van der Waals surface area contributed by atoms with Crippen LogP contribution < -0.4 is 4.74 Å². The van der Waals surface area contributed by atoms with Gasteiger partial charge in [0.15, 0.2) is 5.69 Å². The molecular weight excluding hydrogens is 212 g/mol. The number of hydrogen-bond acceptors (Lipinski definition) is 6. The van der Waals surface area contributed by atoms with Crippen LogP contribution in [0.15, 0.2) is 12.4 Å². The Bertz CT molecular complexity index is 343. The lowest BCUT2D eigenvalue weighted by Gasteiger charge is -2.05. The first-order valence-electron chi connectivity index (χ1n) is 4.80. The molecule has 0 spiro atoms. The first kappa shape index (κ1) is 12.4. The maximum atomic E-state index is 11.1. The summed E-state index contributed by atoms with van der Waals surface area (Å²) >= 11 is 0. The summed E-state index contributed by atoms with van der Waals surface area (Å²) in [7, 11) is 2.91. The van der Waals surface area contributed by atoms with Crippen molar-refractivity contribution in [2.45, 2.75) is 6.42 Å². The lowest BCUT2D eigenvalue weighted by atomic mass is 10.4. The van der Waals surface area contributed by atoms with Gasteiger partial charge in [-0.1, -0.05) is 0 Å². The monoisotopic (exact) mass is 226 g/mol. The van der Waals surface area contributed by atoms with Crippen LogP contribution in [0.1, 0.15) is 16.9 Å². The van der Waals surface area contributed by atoms with E-state index in [-0.39, 0.29) is 5.69 Å². The van der Waals surface area contributed by atoms with Gasteiger partial charge in [0.25, 0.3) is 0 Å². The van der Waals surface area contributed by atoms with Gasteiger partial charge < -0.3 is 14.2 Å². The summed E-state index contributed by atoms with van der Waals surface area (Å²) in [5, 5.41) is 0. The zero-order valence-electron chi connectivity index (χ0n) is 9.30. The maximum absolute atomic E-state index is 11.1. The molecule has 6 heteroatoms. The number of carbonyl (C=O) groups is 1. The molecule has 88 valence electrons. The number of carbonyl (C=O) groups excluding carboxylic acids is 1. The molecule has 1 heterocycles. The van der Waals surface area contributed by atoms with Crippen LogP contribution in [0.4, 0.5) is 0 Å². The summed E-state index contributed by atoms with van der Waals surface area (Å²) < 4.78 is 14.7. The first-order chi connectivity index (χ1) is 7.77. The van der Waals surface area contributed by atoms with Crippen LogP contribution in [-0.4, -0.2) is 43.4 Å². The highest BCUT2D eigenvalue weighted by atomic mass is 16.5. The second kappa shape index (κ2) is 6.73. The molecule has 16 heavy (non-hydrogen) atoms. The summed E-state index contributed by atoms with van der Waals surface area (Å²) in [5.74, 6) is -0.228. The van der Waals surface area contributed by atoms with Gasteiger partial charge in [0.2, 0.25) is 5.88 Å². The smallest absolute Gasteiger partial charge is 0.358 e. The molecule has 1 rings (SSSR count). The molecular formula is C10H14N2O4. The van der Waals surface area contributed by atoms with Gasteiger partial charge in [-0.25, -0.2) is 9.78 Å². The second-order valence-corrected chi connectivity index (χ2v) is 2.93. The molecule has 6 nitrogen and oxygen atoms in total. The maximum Gasteiger partial charge on any atom is 0.358 e. The van der Waals surface area contributed by atoms with Crippen molar-refractivity contribution in [2.75, 3.05) is 27.4 Å². The van der Waals surface area contributed by atoms with Gasteiger partial charge in [-0.15, -0.1) is 0 Å². The number of hydrogen-bond donors (Lipinski definition) is 0. The Morgan fingerprint density at radius 2 is 2.12 bits per heavy atom. The molecule has 0 aliphatic heterocycles. The van der Waals surface area contributed by atoms with Crippen molar-refractivity contribution in [2.24, 2.45) is 0 Å². The molecule has 1 aromatic heterocycles. The minimum atomic E-state index is -0.533. The van der Waals surface area contributed by atoms with Gasteiger partial charge in [0, 0.05) is 20.1 Å². The number of rotatable bonds is 6. The Labute approximate surface area is 93.6 Å². The minimum Gasteiger partial charge on any atom is -0.476 e. The molecule has 0 unspecified atom stereocenters. The van der Waals surface area contributed by atoms with Crippen molar-refractivity contribution in [3.63, 3.8) is 0 Å². The quantitative estimate of drug-likeness (QED) is 0.524. The topological polar surface area (TPSA) is 70.5 Å². The van der Waals surface area contributed by atoms with Crippen molar-refractivity contribution in [1.82, 2.24) is 9.97 Å². The average molecular weight is 226 g/mol. The van der Waals surface area contributed by atoms with E-state index in [0.717, 1.165) is 6.42 Å². The molecule has 0 aliphatic carbocycles. The van der Waals surface area contributed by atoms with E-state index in [1.807, 2.05) is 0 Å². The van der Waals surface area contributed by atoms with E-state index in [4.69, 9.17) is 9.47 Å². The molecule has 0 N–H and O–H groups in total.